The highest BCUT2D eigenvalue weighted by Crippen LogP contribution is 2.14. The zero-order valence-corrected chi connectivity index (χ0v) is 11.5. The van der Waals surface area contributed by atoms with Gasteiger partial charge in [-0.05, 0) is 18.5 Å². The molecule has 0 saturated carbocycles. The Bertz CT molecular complexity index is 317. The van der Waals surface area contributed by atoms with E-state index in [4.69, 9.17) is 5.73 Å². The third-order valence-electron chi connectivity index (χ3n) is 3.17. The van der Waals surface area contributed by atoms with Crippen LogP contribution in [0.4, 0.5) is 4.79 Å². The van der Waals surface area contributed by atoms with Crippen LogP contribution >= 0.6 is 0 Å². The molecule has 1 fully saturated rings. The van der Waals surface area contributed by atoms with Crippen LogP contribution in [0.3, 0.4) is 0 Å². The van der Waals surface area contributed by atoms with Gasteiger partial charge in [0.05, 0.1) is 6.54 Å². The number of imide groups is 1. The number of likely N-dealkylation sites (N-methyl/N-ethyl adjacent to an activating group) is 1. The first-order chi connectivity index (χ1) is 8.39. The van der Waals surface area contributed by atoms with E-state index in [9.17, 15) is 9.59 Å². The number of urea groups is 1. The summed E-state index contributed by atoms with van der Waals surface area (Å²) >= 11 is 0. The first kappa shape index (κ1) is 14.9. The average Bonchev–Trinajstić information content (AvgIpc) is 2.74. The Morgan fingerprint density at radius 1 is 1.56 bits per heavy atom. The van der Waals surface area contributed by atoms with Crippen molar-refractivity contribution in [3.8, 4) is 0 Å². The van der Waals surface area contributed by atoms with Crippen molar-refractivity contribution in [1.82, 2.24) is 15.1 Å². The van der Waals surface area contributed by atoms with Crippen molar-refractivity contribution < 1.29 is 9.59 Å². The van der Waals surface area contributed by atoms with Gasteiger partial charge in [0.25, 0.3) is 0 Å². The third kappa shape index (κ3) is 3.96. The lowest BCUT2D eigenvalue weighted by atomic mass is 9.93. The second kappa shape index (κ2) is 6.15. The monoisotopic (exact) mass is 256 g/mol. The Hall–Kier alpha value is -1.14. The van der Waals surface area contributed by atoms with E-state index >= 15 is 0 Å². The van der Waals surface area contributed by atoms with Gasteiger partial charge in [-0.3, -0.25) is 14.6 Å². The van der Waals surface area contributed by atoms with Crippen molar-refractivity contribution in [2.45, 2.75) is 20.8 Å². The summed E-state index contributed by atoms with van der Waals surface area (Å²) in [5, 5.41) is 2.63. The van der Waals surface area contributed by atoms with Gasteiger partial charge in [0.1, 0.15) is 0 Å². The van der Waals surface area contributed by atoms with Crippen LogP contribution in [0.15, 0.2) is 0 Å². The molecule has 104 valence electrons. The van der Waals surface area contributed by atoms with E-state index in [1.807, 2.05) is 11.8 Å². The molecule has 1 saturated heterocycles. The fourth-order valence-electron chi connectivity index (χ4n) is 1.94. The van der Waals surface area contributed by atoms with Crippen LogP contribution in [0.5, 0.6) is 0 Å². The maximum absolute atomic E-state index is 12.0. The van der Waals surface area contributed by atoms with Crippen LogP contribution < -0.4 is 11.1 Å². The van der Waals surface area contributed by atoms with E-state index in [0.717, 1.165) is 13.1 Å². The zero-order valence-electron chi connectivity index (χ0n) is 11.5. The highest BCUT2D eigenvalue weighted by Gasteiger charge is 2.28. The predicted octanol–water partition coefficient (Wildman–Crippen LogP) is -0.155. The van der Waals surface area contributed by atoms with E-state index in [-0.39, 0.29) is 23.9 Å². The molecule has 0 atom stereocenters. The van der Waals surface area contributed by atoms with Gasteiger partial charge < -0.3 is 11.1 Å². The summed E-state index contributed by atoms with van der Waals surface area (Å²) in [6, 6.07) is -0.283. The number of nitrogens with two attached hydrogens (primary N) is 1. The summed E-state index contributed by atoms with van der Waals surface area (Å²) in [6.07, 6.45) is 0. The molecule has 0 aromatic carbocycles. The van der Waals surface area contributed by atoms with Crippen molar-refractivity contribution in [2.24, 2.45) is 11.1 Å². The Kier molecular flexibility index (Phi) is 5.10. The molecule has 6 nitrogen and oxygen atoms in total. The van der Waals surface area contributed by atoms with Crippen molar-refractivity contribution in [3.63, 3.8) is 0 Å². The minimum Gasteiger partial charge on any atom is -0.336 e. The van der Waals surface area contributed by atoms with E-state index in [1.54, 1.807) is 0 Å². The molecule has 6 heteroatoms. The quantitative estimate of drug-likeness (QED) is 0.692. The maximum atomic E-state index is 12.0. The Balaban J connectivity index is 2.52. The molecule has 0 aromatic heterocycles. The Labute approximate surface area is 108 Å². The highest BCUT2D eigenvalue weighted by atomic mass is 16.2. The van der Waals surface area contributed by atoms with Crippen LogP contribution in [0.25, 0.3) is 0 Å². The molecule has 18 heavy (non-hydrogen) atoms. The van der Waals surface area contributed by atoms with E-state index in [2.05, 4.69) is 19.2 Å². The molecular weight excluding hydrogens is 232 g/mol. The van der Waals surface area contributed by atoms with Crippen molar-refractivity contribution in [1.29, 1.82) is 0 Å². The number of amides is 3. The lowest BCUT2D eigenvalue weighted by molar-refractivity contribution is -0.129. The number of rotatable bonds is 6. The molecule has 1 rings (SSSR count). The molecule has 1 aliphatic heterocycles. The van der Waals surface area contributed by atoms with Crippen LogP contribution in [0, 0.1) is 5.41 Å². The molecule has 1 heterocycles. The fraction of sp³-hybridized carbons (Fsp3) is 0.833. The number of carbonyl (C=O) groups excluding carboxylic acids is 2. The topological polar surface area (TPSA) is 78.7 Å². The second-order valence-corrected chi connectivity index (χ2v) is 5.45. The van der Waals surface area contributed by atoms with Crippen LogP contribution in [-0.2, 0) is 4.79 Å². The molecule has 0 spiro atoms. The summed E-state index contributed by atoms with van der Waals surface area (Å²) in [5.41, 5.74) is 5.67. The van der Waals surface area contributed by atoms with Gasteiger partial charge >= 0.3 is 6.03 Å². The van der Waals surface area contributed by atoms with Gasteiger partial charge in [0, 0.05) is 19.6 Å². The molecular formula is C12H24N4O2. The molecule has 1 aliphatic rings. The Morgan fingerprint density at radius 2 is 2.22 bits per heavy atom. The summed E-state index contributed by atoms with van der Waals surface area (Å²) in [4.78, 5) is 26.7. The largest absolute Gasteiger partial charge is 0.336 e. The molecule has 0 radical (unpaired) electrons. The van der Waals surface area contributed by atoms with E-state index in [1.165, 1.54) is 4.90 Å². The van der Waals surface area contributed by atoms with Crippen LogP contribution in [-0.4, -0.2) is 61.0 Å². The molecule has 0 aliphatic carbocycles. The SMILES string of the molecule is CCN(CC(=O)N1CCNC1=O)CC(C)(C)CN. The molecule has 0 unspecified atom stereocenters. The molecule has 0 aromatic rings. The van der Waals surface area contributed by atoms with Gasteiger partial charge in [0.15, 0.2) is 0 Å². The summed E-state index contributed by atoms with van der Waals surface area (Å²) in [7, 11) is 0. The smallest absolute Gasteiger partial charge is 0.324 e. The fourth-order valence-corrected chi connectivity index (χ4v) is 1.94. The van der Waals surface area contributed by atoms with E-state index in [0.29, 0.717) is 19.6 Å². The van der Waals surface area contributed by atoms with Crippen molar-refractivity contribution in [2.75, 3.05) is 39.3 Å². The van der Waals surface area contributed by atoms with Crippen molar-refractivity contribution >= 4 is 11.9 Å². The van der Waals surface area contributed by atoms with Gasteiger partial charge in [-0.15, -0.1) is 0 Å². The van der Waals surface area contributed by atoms with Gasteiger partial charge in [-0.1, -0.05) is 20.8 Å². The summed E-state index contributed by atoms with van der Waals surface area (Å²) in [6.45, 7) is 9.52. The lowest BCUT2D eigenvalue weighted by Crippen LogP contribution is -2.45. The summed E-state index contributed by atoms with van der Waals surface area (Å²) in [5.74, 6) is -0.139. The van der Waals surface area contributed by atoms with Gasteiger partial charge in [-0.25, -0.2) is 4.79 Å². The minimum absolute atomic E-state index is 0.0242. The lowest BCUT2D eigenvalue weighted by Gasteiger charge is -2.31. The number of nitrogens with one attached hydrogen (secondary N) is 1. The van der Waals surface area contributed by atoms with Crippen molar-refractivity contribution in [3.05, 3.63) is 0 Å². The number of hydrogen-bond donors (Lipinski definition) is 2. The molecule has 3 amide bonds. The van der Waals surface area contributed by atoms with E-state index < -0.39 is 0 Å². The second-order valence-electron chi connectivity index (χ2n) is 5.45. The number of nitrogens with zero attached hydrogens (tertiary/aromatic N) is 2. The van der Waals surface area contributed by atoms with Crippen LogP contribution in [0.1, 0.15) is 20.8 Å². The first-order valence-corrected chi connectivity index (χ1v) is 6.40. The average molecular weight is 256 g/mol. The minimum atomic E-state index is -0.283. The molecule has 0 bridgehead atoms. The molecule has 3 N–H and O–H groups in total. The highest BCUT2D eigenvalue weighted by molar-refractivity contribution is 5.96. The zero-order chi connectivity index (χ0) is 13.8. The number of hydrogen-bond acceptors (Lipinski definition) is 4. The Morgan fingerprint density at radius 3 is 2.67 bits per heavy atom. The number of carbonyl (C=O) groups is 2. The van der Waals surface area contributed by atoms with Gasteiger partial charge in [0.2, 0.25) is 5.91 Å². The normalized spacial score (nSPS) is 16.3. The van der Waals surface area contributed by atoms with Gasteiger partial charge in [-0.2, -0.15) is 0 Å². The third-order valence-corrected chi connectivity index (χ3v) is 3.17. The maximum Gasteiger partial charge on any atom is 0.324 e. The standard InChI is InChI=1S/C12H24N4O2/c1-4-15(9-12(2,3)8-13)7-10(17)16-6-5-14-11(16)18/h4-9,13H2,1-3H3,(H,14,18). The summed E-state index contributed by atoms with van der Waals surface area (Å²) < 4.78 is 0. The predicted molar refractivity (Wildman–Crippen MR) is 70.1 cm³/mol. The first-order valence-electron chi connectivity index (χ1n) is 6.40. The van der Waals surface area contributed by atoms with Crippen LogP contribution in [0.2, 0.25) is 0 Å².